The maximum Gasteiger partial charge on any atom is 0.254 e. The number of halogens is 2. The number of carbonyl (C=O) groups is 1. The third-order valence-corrected chi connectivity index (χ3v) is 4.59. The van der Waals surface area contributed by atoms with Gasteiger partial charge >= 0.3 is 0 Å². The molecule has 152 valence electrons. The Morgan fingerprint density at radius 3 is 2.83 bits per heavy atom. The molecule has 0 spiro atoms. The zero-order valence-electron chi connectivity index (χ0n) is 16.1. The van der Waals surface area contributed by atoms with E-state index in [0.29, 0.717) is 11.4 Å². The molecule has 0 aliphatic heterocycles. The molecule has 29 heavy (non-hydrogen) atoms. The van der Waals surface area contributed by atoms with E-state index in [4.69, 9.17) is 21.1 Å². The van der Waals surface area contributed by atoms with Gasteiger partial charge in [0.2, 0.25) is 0 Å². The molecule has 1 N–H and O–H groups in total. The van der Waals surface area contributed by atoms with Gasteiger partial charge in [0.25, 0.3) is 5.91 Å². The summed E-state index contributed by atoms with van der Waals surface area (Å²) in [5, 5.41) is 7.03. The number of nitrogens with zero attached hydrogens (tertiary/aromatic N) is 2. The van der Waals surface area contributed by atoms with Crippen molar-refractivity contribution >= 4 is 23.3 Å². The lowest BCUT2D eigenvalue weighted by Gasteiger charge is -2.15. The Hall–Kier alpha value is -2.90. The van der Waals surface area contributed by atoms with Crippen LogP contribution in [0.25, 0.3) is 0 Å². The van der Waals surface area contributed by atoms with Gasteiger partial charge in [-0.2, -0.15) is 5.10 Å². The first-order valence-electron chi connectivity index (χ1n) is 8.97. The zero-order valence-corrected chi connectivity index (χ0v) is 16.8. The quantitative estimate of drug-likeness (QED) is 0.594. The molecular formula is C21H21ClFN3O3. The minimum atomic E-state index is -0.683. The maximum absolute atomic E-state index is 13.6. The van der Waals surface area contributed by atoms with Gasteiger partial charge in [-0.1, -0.05) is 29.8 Å². The van der Waals surface area contributed by atoms with E-state index in [1.807, 2.05) is 24.3 Å². The average Bonchev–Trinajstić information content (AvgIpc) is 3.15. The van der Waals surface area contributed by atoms with Gasteiger partial charge in [0.05, 0.1) is 31.5 Å². The zero-order chi connectivity index (χ0) is 20.8. The fraction of sp³-hybridized carbons (Fsp3) is 0.238. The molecule has 0 aliphatic carbocycles. The average molecular weight is 418 g/mol. The van der Waals surface area contributed by atoms with Gasteiger partial charge in [-0.25, -0.2) is 9.07 Å². The molecule has 0 radical (unpaired) electrons. The van der Waals surface area contributed by atoms with E-state index in [2.05, 4.69) is 10.4 Å². The Bertz CT molecular complexity index is 993. The number of aromatic nitrogens is 2. The molecule has 0 aliphatic rings. The number of anilines is 1. The number of carbonyl (C=O) groups excluding carboxylic acids is 1. The number of rotatable bonds is 8. The van der Waals surface area contributed by atoms with Crippen LogP contribution in [-0.2, 0) is 22.7 Å². The van der Waals surface area contributed by atoms with Crippen LogP contribution in [0.4, 0.5) is 10.2 Å². The number of methoxy groups -OCH3 is 1. The predicted molar refractivity (Wildman–Crippen MR) is 109 cm³/mol. The Morgan fingerprint density at radius 1 is 1.24 bits per heavy atom. The van der Waals surface area contributed by atoms with Gasteiger partial charge in [-0.05, 0) is 42.3 Å². The molecule has 2 aromatic carbocycles. The summed E-state index contributed by atoms with van der Waals surface area (Å²) < 4.78 is 26.0. The van der Waals surface area contributed by atoms with Gasteiger partial charge in [0.15, 0.2) is 0 Å². The predicted octanol–water partition coefficient (Wildman–Crippen LogP) is 4.28. The molecule has 1 aromatic heterocycles. The van der Waals surface area contributed by atoms with Gasteiger partial charge < -0.3 is 14.8 Å². The summed E-state index contributed by atoms with van der Waals surface area (Å²) in [6.07, 6.45) is 0.876. The lowest BCUT2D eigenvalue weighted by Crippen LogP contribution is -2.28. The second-order valence-corrected chi connectivity index (χ2v) is 6.82. The summed E-state index contributed by atoms with van der Waals surface area (Å²) in [6.45, 7) is 2.23. The Labute approximate surface area is 173 Å². The highest BCUT2D eigenvalue weighted by molar-refractivity contribution is 6.30. The van der Waals surface area contributed by atoms with Crippen LogP contribution in [-0.4, -0.2) is 28.9 Å². The number of benzene rings is 2. The summed E-state index contributed by atoms with van der Waals surface area (Å²) in [4.78, 5) is 12.5. The highest BCUT2D eigenvalue weighted by Crippen LogP contribution is 2.18. The third kappa shape index (κ3) is 5.56. The lowest BCUT2D eigenvalue weighted by molar-refractivity contribution is -0.127. The van der Waals surface area contributed by atoms with E-state index < -0.39 is 11.9 Å². The molecule has 0 bridgehead atoms. The molecule has 0 unspecified atom stereocenters. The normalized spacial score (nSPS) is 11.9. The van der Waals surface area contributed by atoms with Crippen LogP contribution in [0.2, 0.25) is 5.02 Å². The molecule has 8 heteroatoms. The van der Waals surface area contributed by atoms with Gasteiger partial charge in [0, 0.05) is 6.07 Å². The highest BCUT2D eigenvalue weighted by Gasteiger charge is 2.16. The van der Waals surface area contributed by atoms with Crippen LogP contribution in [0.3, 0.4) is 0 Å². The van der Waals surface area contributed by atoms with E-state index in [9.17, 15) is 9.18 Å². The molecule has 1 amide bonds. The van der Waals surface area contributed by atoms with Crippen molar-refractivity contribution in [1.82, 2.24) is 9.78 Å². The van der Waals surface area contributed by atoms with Crippen LogP contribution in [0.15, 0.2) is 54.7 Å². The fourth-order valence-corrected chi connectivity index (χ4v) is 2.78. The Balaban J connectivity index is 1.58. The maximum atomic E-state index is 13.6. The van der Waals surface area contributed by atoms with Crippen molar-refractivity contribution in [2.75, 3.05) is 12.4 Å². The monoisotopic (exact) mass is 417 g/mol. The third-order valence-electron chi connectivity index (χ3n) is 4.29. The molecule has 1 atom stereocenters. The molecule has 1 heterocycles. The van der Waals surface area contributed by atoms with Crippen molar-refractivity contribution in [3.63, 3.8) is 0 Å². The highest BCUT2D eigenvalue weighted by atomic mass is 35.5. The second kappa shape index (κ2) is 9.54. The summed E-state index contributed by atoms with van der Waals surface area (Å²) in [5.41, 5.74) is 1.58. The smallest absolute Gasteiger partial charge is 0.254 e. The van der Waals surface area contributed by atoms with Crippen molar-refractivity contribution < 1.29 is 18.7 Å². The summed E-state index contributed by atoms with van der Waals surface area (Å²) in [6, 6.07) is 13.7. The largest absolute Gasteiger partial charge is 0.497 e. The van der Waals surface area contributed by atoms with Crippen LogP contribution >= 0.6 is 11.6 Å². The van der Waals surface area contributed by atoms with Crippen molar-refractivity contribution in [3.8, 4) is 5.75 Å². The first-order chi connectivity index (χ1) is 14.0. The number of amides is 1. The van der Waals surface area contributed by atoms with Crippen LogP contribution in [0, 0.1) is 5.82 Å². The second-order valence-electron chi connectivity index (χ2n) is 6.42. The Kier molecular flexibility index (Phi) is 6.85. The number of ether oxygens (including phenoxy) is 2. The van der Waals surface area contributed by atoms with E-state index in [-0.39, 0.29) is 24.1 Å². The van der Waals surface area contributed by atoms with Gasteiger partial charge in [-0.3, -0.25) is 4.79 Å². The summed E-state index contributed by atoms with van der Waals surface area (Å²) in [7, 11) is 1.59. The molecule has 3 aromatic rings. The molecule has 3 rings (SSSR count). The first-order valence-corrected chi connectivity index (χ1v) is 9.35. The standard InChI is InChI=1S/C21H21ClFN3O3/c1-14(29-13-16-4-3-5-17(10-16)28-2)21(27)25-20-8-9-24-26(20)12-15-6-7-18(22)19(23)11-15/h3-11,14H,12-13H2,1-2H3,(H,25,27)/t14-/m0/s1. The molecule has 0 fully saturated rings. The van der Waals surface area contributed by atoms with Crippen LogP contribution in [0.5, 0.6) is 5.75 Å². The van der Waals surface area contributed by atoms with Crippen molar-refractivity contribution in [3.05, 3.63) is 76.7 Å². The van der Waals surface area contributed by atoms with Crippen LogP contribution in [0.1, 0.15) is 18.1 Å². The van der Waals surface area contributed by atoms with Crippen molar-refractivity contribution in [2.24, 2.45) is 0 Å². The molecule has 0 saturated carbocycles. The topological polar surface area (TPSA) is 65.4 Å². The summed E-state index contributed by atoms with van der Waals surface area (Å²) >= 11 is 5.71. The minimum absolute atomic E-state index is 0.0600. The fourth-order valence-electron chi connectivity index (χ4n) is 2.66. The molecule has 6 nitrogen and oxygen atoms in total. The van der Waals surface area contributed by atoms with Gasteiger partial charge in [0.1, 0.15) is 23.5 Å². The van der Waals surface area contributed by atoms with Crippen molar-refractivity contribution in [1.29, 1.82) is 0 Å². The SMILES string of the molecule is COc1cccc(CO[C@@H](C)C(=O)Nc2ccnn2Cc2ccc(Cl)c(F)c2)c1. The van der Waals surface area contributed by atoms with E-state index in [1.165, 1.54) is 12.1 Å². The first kappa shape index (κ1) is 20.8. The summed E-state index contributed by atoms with van der Waals surface area (Å²) in [5.74, 6) is 0.409. The molecular weight excluding hydrogens is 397 g/mol. The number of hydrogen-bond donors (Lipinski definition) is 1. The van der Waals surface area contributed by atoms with Crippen LogP contribution < -0.4 is 10.1 Å². The van der Waals surface area contributed by atoms with Gasteiger partial charge in [-0.15, -0.1) is 0 Å². The molecule has 0 saturated heterocycles. The lowest BCUT2D eigenvalue weighted by atomic mass is 10.2. The number of hydrogen-bond acceptors (Lipinski definition) is 4. The Morgan fingerprint density at radius 2 is 2.07 bits per heavy atom. The van der Waals surface area contributed by atoms with E-state index in [1.54, 1.807) is 37.0 Å². The van der Waals surface area contributed by atoms with Crippen molar-refractivity contribution in [2.45, 2.75) is 26.2 Å². The van der Waals surface area contributed by atoms with E-state index >= 15 is 0 Å². The minimum Gasteiger partial charge on any atom is -0.497 e. The number of nitrogens with one attached hydrogen (secondary N) is 1. The van der Waals surface area contributed by atoms with E-state index in [0.717, 1.165) is 11.3 Å².